The molecule has 5 amide bonds. The van der Waals surface area contributed by atoms with Crippen molar-refractivity contribution in [3.05, 3.63) is 95.3 Å². The fourth-order valence-electron chi connectivity index (χ4n) is 8.32. The number of aromatic hydroxyl groups is 2. The highest BCUT2D eigenvalue weighted by atomic mass is 16.4. The van der Waals surface area contributed by atoms with E-state index in [1.165, 1.54) is 112 Å². The van der Waals surface area contributed by atoms with Crippen molar-refractivity contribution in [1.82, 2.24) is 36.1 Å². The van der Waals surface area contributed by atoms with E-state index in [0.29, 0.717) is 17.8 Å². The van der Waals surface area contributed by atoms with E-state index in [0.717, 1.165) is 36.3 Å². The van der Waals surface area contributed by atoms with E-state index >= 15 is 0 Å². The monoisotopic (exact) mass is 950 g/mol. The molecule has 0 saturated carbocycles. The van der Waals surface area contributed by atoms with Crippen LogP contribution in [0.15, 0.2) is 73.1 Å². The molecule has 4 aromatic rings. The van der Waals surface area contributed by atoms with E-state index in [1.54, 1.807) is 0 Å². The van der Waals surface area contributed by atoms with Crippen LogP contribution in [0.1, 0.15) is 118 Å². The molecule has 5 rings (SSSR count). The Morgan fingerprint density at radius 3 is 2.14 bits per heavy atom. The predicted molar refractivity (Wildman–Crippen MR) is 261 cm³/mol. The molecule has 3 aromatic carbocycles. The number of aromatic nitrogens is 2. The number of hydrogen-bond donors (Lipinski definition) is 8. The number of fused-ring (bicyclic) bond motifs is 5. The van der Waals surface area contributed by atoms with E-state index in [2.05, 4.69) is 50.3 Å². The quantitative estimate of drug-likeness (QED) is 0.0518. The van der Waals surface area contributed by atoms with Crippen LogP contribution in [0, 0.1) is 0 Å². The summed E-state index contributed by atoms with van der Waals surface area (Å²) in [6.07, 6.45) is 13.8. The van der Waals surface area contributed by atoms with Crippen molar-refractivity contribution in [2.45, 2.75) is 121 Å². The normalized spacial score (nSPS) is 16.4. The molecule has 17 heteroatoms. The van der Waals surface area contributed by atoms with Crippen LogP contribution in [-0.2, 0) is 36.8 Å². The number of rotatable bonds is 22. The zero-order valence-corrected chi connectivity index (χ0v) is 40.5. The summed E-state index contributed by atoms with van der Waals surface area (Å²) in [7, 11) is 5.38. The Bertz CT molecular complexity index is 2390. The summed E-state index contributed by atoms with van der Waals surface area (Å²) >= 11 is 0. The number of carbonyl (C=O) groups is 6. The maximum absolute atomic E-state index is 14.6. The number of carboxylic acids is 1. The summed E-state index contributed by atoms with van der Waals surface area (Å²) in [5, 5.41) is 42.5. The smallest absolute Gasteiger partial charge is 0.326 e. The molecule has 8 N–H and O–H groups in total. The molecule has 1 aromatic heterocycles. The van der Waals surface area contributed by atoms with Crippen molar-refractivity contribution in [2.24, 2.45) is 0 Å². The third-order valence-corrected chi connectivity index (χ3v) is 12.4. The Kier molecular flexibility index (Phi) is 20.0. The average molecular weight is 950 g/mol. The van der Waals surface area contributed by atoms with Crippen LogP contribution in [0.2, 0.25) is 0 Å². The van der Waals surface area contributed by atoms with Gasteiger partial charge in [0.25, 0.3) is 5.91 Å². The van der Waals surface area contributed by atoms with Gasteiger partial charge < -0.3 is 46.4 Å². The van der Waals surface area contributed by atoms with Crippen molar-refractivity contribution in [1.29, 1.82) is 0 Å². The zero-order chi connectivity index (χ0) is 50.0. The summed E-state index contributed by atoms with van der Waals surface area (Å²) in [5.41, 5.74) is 3.17. The molecular weight excluding hydrogens is 881 g/mol. The highest BCUT2D eigenvalue weighted by Gasteiger charge is 2.36. The van der Waals surface area contributed by atoms with Gasteiger partial charge >= 0.3 is 5.97 Å². The van der Waals surface area contributed by atoms with E-state index in [9.17, 15) is 44.1 Å². The minimum atomic E-state index is -1.44. The van der Waals surface area contributed by atoms with Gasteiger partial charge in [0.2, 0.25) is 23.6 Å². The Morgan fingerprint density at radius 1 is 0.826 bits per heavy atom. The van der Waals surface area contributed by atoms with Gasteiger partial charge in [0.05, 0.1) is 26.2 Å². The molecule has 4 atom stereocenters. The standard InChI is InChI=1S/C52H68N8O9/c1-6-7-8-9-10-11-12-15-34-17-20-36(21-18-34)47-54-31-38(32-55-47)49(65)53-26-25-45(63)57-41(16-13-14-27-59(3)4)51(67)60(5)46-37-22-24-44(62)40(30-37)39-28-35(19-23-43(39)61)29-42(52(68)69)58-48(64)33(2)56-50(46)66/h17-24,28,30-33,41-42,46,61-62H,6-16,25-27,29H2,1-5H3,(H,53,65)(H,56,66)(H,57,63)(H,58,64)(H,68,69)/p+1/t33-,41-,42-,46-/m0/s1. The SMILES string of the molecule is CCCCCCCCCc1ccc(-c2ncc(C(=O)NCCC(=O)N[C@@H](CCCC[NH+](C)C)C(=O)N(C)[C@@H]3C(=O)N[C@@H](C)C(=O)N[C@H](C(=O)O)Cc4ccc(O)c(c4)-c4cc3ccc4O)cn2)cc1. The number of quaternary nitrogens is 1. The lowest BCUT2D eigenvalue weighted by molar-refractivity contribution is -0.858. The number of nitrogens with zero attached hydrogens (tertiary/aromatic N) is 3. The molecule has 4 bridgehead atoms. The molecule has 69 heavy (non-hydrogen) atoms. The molecule has 0 unspecified atom stereocenters. The van der Waals surface area contributed by atoms with Crippen LogP contribution in [0.25, 0.3) is 22.5 Å². The summed E-state index contributed by atoms with van der Waals surface area (Å²) in [6, 6.07) is 11.5. The van der Waals surface area contributed by atoms with Crippen LogP contribution in [0.4, 0.5) is 0 Å². The van der Waals surface area contributed by atoms with E-state index in [1.807, 2.05) is 26.2 Å². The Hall–Kier alpha value is -6.88. The van der Waals surface area contributed by atoms with E-state index < -0.39 is 59.7 Å². The Labute approximate surface area is 404 Å². The largest absolute Gasteiger partial charge is 0.507 e. The van der Waals surface area contributed by atoms with Crippen LogP contribution < -0.4 is 26.2 Å². The molecule has 0 fully saturated rings. The van der Waals surface area contributed by atoms with Gasteiger partial charge in [-0.05, 0) is 80.0 Å². The van der Waals surface area contributed by atoms with E-state index in [4.69, 9.17) is 0 Å². The first-order valence-corrected chi connectivity index (χ1v) is 24.1. The number of aryl methyl sites for hydroxylation is 1. The number of benzene rings is 3. The summed E-state index contributed by atoms with van der Waals surface area (Å²) in [6.45, 7) is 4.34. The predicted octanol–water partition coefficient (Wildman–Crippen LogP) is 4.26. The average Bonchev–Trinajstić information content (AvgIpc) is 3.32. The van der Waals surface area contributed by atoms with Crippen molar-refractivity contribution in [3.63, 3.8) is 0 Å². The number of aliphatic carboxylic acids is 1. The van der Waals surface area contributed by atoms with E-state index in [-0.39, 0.29) is 59.6 Å². The lowest BCUT2D eigenvalue weighted by atomic mass is 9.93. The van der Waals surface area contributed by atoms with Gasteiger partial charge in [0.1, 0.15) is 35.7 Å². The van der Waals surface area contributed by atoms with Crippen molar-refractivity contribution in [3.8, 4) is 34.0 Å². The molecule has 0 saturated heterocycles. The number of phenolic OH excluding ortho intramolecular Hbond substituents is 2. The highest BCUT2D eigenvalue weighted by Crippen LogP contribution is 2.39. The van der Waals surface area contributed by atoms with Crippen LogP contribution in [0.5, 0.6) is 11.5 Å². The lowest BCUT2D eigenvalue weighted by Crippen LogP contribution is -3.05. The van der Waals surface area contributed by atoms with Gasteiger partial charge in [0, 0.05) is 55.5 Å². The zero-order valence-electron chi connectivity index (χ0n) is 40.5. The molecule has 0 aliphatic carbocycles. The number of hydrogen-bond acceptors (Lipinski definition) is 10. The highest BCUT2D eigenvalue weighted by molar-refractivity contribution is 5.96. The van der Waals surface area contributed by atoms with Crippen molar-refractivity contribution in [2.75, 3.05) is 34.2 Å². The molecule has 1 aliphatic rings. The number of phenols is 2. The van der Waals surface area contributed by atoms with Gasteiger partial charge in [-0.25, -0.2) is 14.8 Å². The molecule has 0 radical (unpaired) electrons. The fraction of sp³-hybridized carbons (Fsp3) is 0.462. The molecule has 2 heterocycles. The number of likely N-dealkylation sites (N-methyl/N-ethyl adjacent to an activating group) is 1. The van der Waals surface area contributed by atoms with Gasteiger partial charge in [-0.1, -0.05) is 81.8 Å². The number of carbonyl (C=O) groups excluding carboxylic acids is 5. The third kappa shape index (κ3) is 15.6. The second kappa shape index (κ2) is 26.0. The van der Waals surface area contributed by atoms with Crippen molar-refractivity contribution < 1.29 is 49.0 Å². The first-order chi connectivity index (χ1) is 33.1. The third-order valence-electron chi connectivity index (χ3n) is 12.4. The maximum atomic E-state index is 14.6. The number of amides is 5. The Morgan fingerprint density at radius 2 is 1.48 bits per heavy atom. The van der Waals surface area contributed by atoms with Crippen LogP contribution in [0.3, 0.4) is 0 Å². The van der Waals surface area contributed by atoms with Gasteiger partial charge in [-0.15, -0.1) is 0 Å². The number of unbranched alkanes of at least 4 members (excludes halogenated alkanes) is 7. The van der Waals surface area contributed by atoms with Crippen LogP contribution in [-0.4, -0.2) is 118 Å². The first-order valence-electron chi connectivity index (χ1n) is 24.1. The molecule has 17 nitrogen and oxygen atoms in total. The summed E-state index contributed by atoms with van der Waals surface area (Å²) in [4.78, 5) is 92.1. The molecule has 1 aliphatic heterocycles. The lowest BCUT2D eigenvalue weighted by Gasteiger charge is -2.32. The second-order valence-electron chi connectivity index (χ2n) is 18.3. The topological polar surface area (TPSA) is 245 Å². The van der Waals surface area contributed by atoms with Crippen LogP contribution >= 0.6 is 0 Å². The second-order valence-corrected chi connectivity index (χ2v) is 18.3. The van der Waals surface area contributed by atoms with Gasteiger partial charge in [-0.3, -0.25) is 24.0 Å². The molecule has 370 valence electrons. The number of carboxylic acid groups (broad SMARTS) is 1. The maximum Gasteiger partial charge on any atom is 0.326 e. The summed E-state index contributed by atoms with van der Waals surface area (Å²) in [5.74, 6) is -4.59. The fourth-order valence-corrected chi connectivity index (χ4v) is 8.32. The molecule has 0 spiro atoms. The first kappa shape index (κ1) is 53.1. The minimum Gasteiger partial charge on any atom is -0.507 e. The minimum absolute atomic E-state index is 0.0641. The van der Waals surface area contributed by atoms with Gasteiger partial charge in [0.15, 0.2) is 5.82 Å². The van der Waals surface area contributed by atoms with Crippen molar-refractivity contribution >= 4 is 35.5 Å². The summed E-state index contributed by atoms with van der Waals surface area (Å²) < 4.78 is 0. The van der Waals surface area contributed by atoms with Gasteiger partial charge in [-0.2, -0.15) is 0 Å². The number of nitrogens with one attached hydrogen (secondary N) is 5. The Balaban J connectivity index is 1.27. The molecular formula is C52H69N8O9+.